The van der Waals surface area contributed by atoms with E-state index in [1.807, 2.05) is 13.1 Å². The molecule has 0 radical (unpaired) electrons. The molecule has 1 aromatic heterocycles. The molecular weight excluding hydrogens is 252 g/mol. The van der Waals surface area contributed by atoms with Crippen molar-refractivity contribution in [1.82, 2.24) is 15.1 Å². The van der Waals surface area contributed by atoms with E-state index < -0.39 is 0 Å². The van der Waals surface area contributed by atoms with Gasteiger partial charge in [-0.3, -0.25) is 9.48 Å². The van der Waals surface area contributed by atoms with Gasteiger partial charge in [-0.15, -0.1) is 12.4 Å². The molecule has 1 saturated heterocycles. The van der Waals surface area contributed by atoms with Crippen molar-refractivity contribution in [2.45, 2.75) is 25.7 Å². The van der Waals surface area contributed by atoms with Crippen molar-refractivity contribution < 1.29 is 4.79 Å². The average Bonchev–Trinajstić information content (AvgIpc) is 2.74. The monoisotopic (exact) mass is 272 g/mol. The second-order valence-electron chi connectivity index (χ2n) is 4.62. The Labute approximate surface area is 114 Å². The number of aryl methyl sites for hydroxylation is 1. The summed E-state index contributed by atoms with van der Waals surface area (Å²) in [5.41, 5.74) is 0. The second-order valence-corrected chi connectivity index (χ2v) is 4.62. The fraction of sp³-hybridized carbons (Fsp3) is 0.667. The lowest BCUT2D eigenvalue weighted by atomic mass is 9.93. The zero-order valence-corrected chi connectivity index (χ0v) is 11.5. The summed E-state index contributed by atoms with van der Waals surface area (Å²) in [7, 11) is 1.82. The van der Waals surface area contributed by atoms with Crippen LogP contribution in [-0.4, -0.2) is 28.8 Å². The van der Waals surface area contributed by atoms with Gasteiger partial charge in [-0.25, -0.2) is 0 Å². The fourth-order valence-corrected chi connectivity index (χ4v) is 2.21. The van der Waals surface area contributed by atoms with Gasteiger partial charge in [0.05, 0.1) is 6.20 Å². The molecule has 0 aliphatic carbocycles. The lowest BCUT2D eigenvalue weighted by Crippen LogP contribution is -2.28. The number of carbonyl (C=O) groups is 1. The molecule has 0 atom stereocenters. The standard InChI is InChI=1S/C12H20N4O.ClH/c1-16-11(6-9-14-16)15-12(17)3-2-10-4-7-13-8-5-10;/h6,9-10,13H,2-5,7-8H2,1H3,(H,15,17);1H. The molecule has 18 heavy (non-hydrogen) atoms. The number of rotatable bonds is 4. The maximum Gasteiger partial charge on any atom is 0.225 e. The molecule has 1 aliphatic rings. The van der Waals surface area contributed by atoms with Crippen LogP contribution in [0.1, 0.15) is 25.7 Å². The third-order valence-corrected chi connectivity index (χ3v) is 3.33. The molecule has 2 N–H and O–H groups in total. The number of carbonyl (C=O) groups excluding carboxylic acids is 1. The van der Waals surface area contributed by atoms with Gasteiger partial charge in [-0.05, 0) is 38.3 Å². The van der Waals surface area contributed by atoms with Crippen molar-refractivity contribution in [3.63, 3.8) is 0 Å². The third kappa shape index (κ3) is 4.31. The van der Waals surface area contributed by atoms with Crippen molar-refractivity contribution in [2.24, 2.45) is 13.0 Å². The normalized spacial score (nSPS) is 16.1. The molecule has 0 saturated carbocycles. The van der Waals surface area contributed by atoms with E-state index in [4.69, 9.17) is 0 Å². The molecule has 6 heteroatoms. The molecule has 1 aromatic rings. The average molecular weight is 273 g/mol. The van der Waals surface area contributed by atoms with E-state index >= 15 is 0 Å². The Bertz CT molecular complexity index is 374. The summed E-state index contributed by atoms with van der Waals surface area (Å²) in [5, 5.41) is 10.2. The molecule has 1 amide bonds. The van der Waals surface area contributed by atoms with Gasteiger partial charge in [0.1, 0.15) is 5.82 Å². The Kier molecular flexibility index (Phi) is 6.15. The van der Waals surface area contributed by atoms with E-state index in [-0.39, 0.29) is 18.3 Å². The van der Waals surface area contributed by atoms with Gasteiger partial charge < -0.3 is 10.6 Å². The Morgan fingerprint density at radius 1 is 1.56 bits per heavy atom. The van der Waals surface area contributed by atoms with E-state index in [1.54, 1.807) is 10.9 Å². The van der Waals surface area contributed by atoms with Gasteiger partial charge in [0.2, 0.25) is 5.91 Å². The molecule has 1 fully saturated rings. The van der Waals surface area contributed by atoms with E-state index in [1.165, 1.54) is 12.8 Å². The molecule has 2 rings (SSSR count). The van der Waals surface area contributed by atoms with Gasteiger partial charge in [-0.2, -0.15) is 5.10 Å². The van der Waals surface area contributed by atoms with Crippen molar-refractivity contribution in [3.05, 3.63) is 12.3 Å². The van der Waals surface area contributed by atoms with Crippen LogP contribution in [0.2, 0.25) is 0 Å². The Morgan fingerprint density at radius 2 is 2.28 bits per heavy atom. The van der Waals surface area contributed by atoms with Crippen LogP contribution >= 0.6 is 12.4 Å². The van der Waals surface area contributed by atoms with Crippen molar-refractivity contribution in [1.29, 1.82) is 0 Å². The maximum absolute atomic E-state index is 11.7. The van der Waals surface area contributed by atoms with Crippen LogP contribution in [0.3, 0.4) is 0 Å². The highest BCUT2D eigenvalue weighted by molar-refractivity contribution is 5.89. The topological polar surface area (TPSA) is 59.0 Å². The van der Waals surface area contributed by atoms with Crippen molar-refractivity contribution in [3.8, 4) is 0 Å². The molecule has 0 bridgehead atoms. The summed E-state index contributed by atoms with van der Waals surface area (Å²) < 4.78 is 1.67. The highest BCUT2D eigenvalue weighted by Gasteiger charge is 2.14. The van der Waals surface area contributed by atoms with Gasteiger partial charge >= 0.3 is 0 Å². The predicted molar refractivity (Wildman–Crippen MR) is 73.9 cm³/mol. The molecule has 102 valence electrons. The molecule has 0 aromatic carbocycles. The minimum absolute atomic E-state index is 0. The molecular formula is C12H21ClN4O. The van der Waals surface area contributed by atoms with Crippen LogP contribution in [0.25, 0.3) is 0 Å². The summed E-state index contributed by atoms with van der Waals surface area (Å²) in [6.07, 6.45) is 5.67. The summed E-state index contributed by atoms with van der Waals surface area (Å²) in [6.45, 7) is 2.18. The molecule has 1 aliphatic heterocycles. The Morgan fingerprint density at radius 3 is 2.89 bits per heavy atom. The summed E-state index contributed by atoms with van der Waals surface area (Å²) in [4.78, 5) is 11.7. The Balaban J connectivity index is 0.00000162. The number of hydrogen-bond donors (Lipinski definition) is 2. The SMILES string of the molecule is Cl.Cn1nccc1NC(=O)CCC1CCNCC1. The van der Waals surface area contributed by atoms with Crippen molar-refractivity contribution >= 4 is 24.1 Å². The highest BCUT2D eigenvalue weighted by atomic mass is 35.5. The number of nitrogens with one attached hydrogen (secondary N) is 2. The predicted octanol–water partition coefficient (Wildman–Crippen LogP) is 1.56. The molecule has 0 spiro atoms. The first-order valence-corrected chi connectivity index (χ1v) is 6.24. The number of nitrogens with zero attached hydrogens (tertiary/aromatic N) is 2. The summed E-state index contributed by atoms with van der Waals surface area (Å²) in [6, 6.07) is 1.81. The minimum atomic E-state index is 0. The van der Waals surface area contributed by atoms with E-state index in [0.717, 1.165) is 25.3 Å². The number of halogens is 1. The van der Waals surface area contributed by atoms with Crippen LogP contribution < -0.4 is 10.6 Å². The van der Waals surface area contributed by atoms with Gasteiger partial charge in [0.15, 0.2) is 0 Å². The second kappa shape index (κ2) is 7.38. The van der Waals surface area contributed by atoms with Crippen LogP contribution in [0.15, 0.2) is 12.3 Å². The maximum atomic E-state index is 11.7. The van der Waals surface area contributed by atoms with E-state index in [9.17, 15) is 4.79 Å². The van der Waals surface area contributed by atoms with Gasteiger partial charge in [0, 0.05) is 19.5 Å². The quantitative estimate of drug-likeness (QED) is 0.875. The number of hydrogen-bond acceptors (Lipinski definition) is 3. The zero-order valence-electron chi connectivity index (χ0n) is 10.7. The molecule has 2 heterocycles. The number of aromatic nitrogens is 2. The van der Waals surface area contributed by atoms with Crippen LogP contribution in [0.4, 0.5) is 5.82 Å². The molecule has 0 unspecified atom stereocenters. The van der Waals surface area contributed by atoms with Crippen LogP contribution in [0, 0.1) is 5.92 Å². The Hall–Kier alpha value is -1.07. The smallest absolute Gasteiger partial charge is 0.225 e. The van der Waals surface area contributed by atoms with Crippen LogP contribution in [0.5, 0.6) is 0 Å². The first-order chi connectivity index (χ1) is 8.25. The fourth-order valence-electron chi connectivity index (χ4n) is 2.21. The lowest BCUT2D eigenvalue weighted by Gasteiger charge is -2.22. The largest absolute Gasteiger partial charge is 0.317 e. The third-order valence-electron chi connectivity index (χ3n) is 3.33. The number of anilines is 1. The number of piperidine rings is 1. The summed E-state index contributed by atoms with van der Waals surface area (Å²) in [5.74, 6) is 1.56. The summed E-state index contributed by atoms with van der Waals surface area (Å²) >= 11 is 0. The molecule has 5 nitrogen and oxygen atoms in total. The number of amides is 1. The zero-order chi connectivity index (χ0) is 12.1. The van der Waals surface area contributed by atoms with E-state index in [0.29, 0.717) is 12.3 Å². The van der Waals surface area contributed by atoms with E-state index in [2.05, 4.69) is 15.7 Å². The van der Waals surface area contributed by atoms with Gasteiger partial charge in [-0.1, -0.05) is 0 Å². The first kappa shape index (κ1) is 15.0. The minimum Gasteiger partial charge on any atom is -0.317 e. The van der Waals surface area contributed by atoms with Gasteiger partial charge in [0.25, 0.3) is 0 Å². The highest BCUT2D eigenvalue weighted by Crippen LogP contribution is 2.18. The van der Waals surface area contributed by atoms with Crippen molar-refractivity contribution in [2.75, 3.05) is 18.4 Å². The van der Waals surface area contributed by atoms with Crippen LogP contribution in [-0.2, 0) is 11.8 Å². The lowest BCUT2D eigenvalue weighted by molar-refractivity contribution is -0.116. The first-order valence-electron chi connectivity index (χ1n) is 6.24.